The van der Waals surface area contributed by atoms with E-state index < -0.39 is 16.1 Å². The normalized spacial score (nSPS) is 25.3. The highest BCUT2D eigenvalue weighted by molar-refractivity contribution is 7.90. The molecule has 1 aromatic carbocycles. The minimum Gasteiger partial charge on any atom is -0.493 e. The molecule has 1 aromatic rings. The number of nitrogens with zero attached hydrogens (tertiary/aromatic N) is 1. The Morgan fingerprint density at radius 3 is 2.76 bits per heavy atom. The van der Waals surface area contributed by atoms with Gasteiger partial charge in [-0.05, 0) is 55.5 Å². The van der Waals surface area contributed by atoms with E-state index >= 15 is 0 Å². The third kappa shape index (κ3) is 5.88. The standard InChI is InChI=1S/C27H34ClN3O6S/c1-2-36-27(33)31-13-11-22-23-15-18(28)5-10-24(23)30-25(22)26(31)17-3-6-20(7-4-17)37-14-12-19(32)16-29-38(34,35)21-8-9-21/h3-7,10,15,19,21,23-24,26,29-30,32H,2,8-9,11-14,16H2,1H3/t19?,23?,24?,26-/m0/s1. The van der Waals surface area contributed by atoms with Crippen LogP contribution < -0.4 is 14.8 Å². The number of fused-ring (bicyclic) bond motifs is 2. The molecule has 0 aromatic heterocycles. The Morgan fingerprint density at radius 1 is 1.29 bits per heavy atom. The zero-order chi connectivity index (χ0) is 26.9. The number of sulfonamides is 1. The molecule has 4 atom stereocenters. The summed E-state index contributed by atoms with van der Waals surface area (Å²) in [6.07, 6.45) is 7.26. The number of ether oxygens (including phenoxy) is 2. The molecule has 1 saturated carbocycles. The number of benzene rings is 1. The van der Waals surface area contributed by atoms with Gasteiger partial charge >= 0.3 is 6.09 Å². The number of aliphatic hydroxyl groups excluding tert-OH is 1. The first-order valence-corrected chi connectivity index (χ1v) is 15.1. The van der Waals surface area contributed by atoms with Gasteiger partial charge < -0.3 is 19.9 Å². The summed E-state index contributed by atoms with van der Waals surface area (Å²) in [4.78, 5) is 14.6. The Bertz CT molecular complexity index is 1240. The van der Waals surface area contributed by atoms with Crippen molar-refractivity contribution in [2.75, 3.05) is 26.3 Å². The Labute approximate surface area is 228 Å². The van der Waals surface area contributed by atoms with Gasteiger partial charge in [-0.25, -0.2) is 17.9 Å². The maximum absolute atomic E-state index is 12.9. The Balaban J connectivity index is 1.24. The van der Waals surface area contributed by atoms with Crippen molar-refractivity contribution in [3.63, 3.8) is 0 Å². The number of allylic oxidation sites excluding steroid dienone is 2. The van der Waals surface area contributed by atoms with Crippen molar-refractivity contribution < 1.29 is 27.8 Å². The highest BCUT2D eigenvalue weighted by atomic mass is 35.5. The molecular weight excluding hydrogens is 530 g/mol. The van der Waals surface area contributed by atoms with Crippen LogP contribution in [0.2, 0.25) is 0 Å². The lowest BCUT2D eigenvalue weighted by molar-refractivity contribution is 0.0922. The molecule has 1 amide bonds. The Morgan fingerprint density at radius 2 is 2.05 bits per heavy atom. The van der Waals surface area contributed by atoms with Crippen molar-refractivity contribution in [3.8, 4) is 5.75 Å². The molecule has 2 heterocycles. The summed E-state index contributed by atoms with van der Waals surface area (Å²) < 4.78 is 37.5. The molecule has 5 rings (SSSR count). The lowest BCUT2D eigenvalue weighted by atomic mass is 9.85. The zero-order valence-corrected chi connectivity index (χ0v) is 22.9. The first kappa shape index (κ1) is 27.1. The van der Waals surface area contributed by atoms with Crippen molar-refractivity contribution in [3.05, 3.63) is 64.4 Å². The number of hydrogen-bond acceptors (Lipinski definition) is 7. The van der Waals surface area contributed by atoms with E-state index in [-0.39, 0.29) is 42.5 Å². The summed E-state index contributed by atoms with van der Waals surface area (Å²) in [7, 11) is -3.32. The molecule has 38 heavy (non-hydrogen) atoms. The number of carbonyl (C=O) groups is 1. The second kappa shape index (κ2) is 11.3. The molecule has 1 fully saturated rings. The van der Waals surface area contributed by atoms with Gasteiger partial charge in [-0.2, -0.15) is 0 Å². The van der Waals surface area contributed by atoms with Gasteiger partial charge in [0.1, 0.15) is 11.8 Å². The number of carbonyl (C=O) groups excluding carboxylic acids is 1. The molecular formula is C27H34ClN3O6S. The summed E-state index contributed by atoms with van der Waals surface area (Å²) in [6, 6.07) is 7.34. The van der Waals surface area contributed by atoms with Gasteiger partial charge in [0, 0.05) is 36.2 Å². The number of nitrogens with one attached hydrogen (secondary N) is 2. The van der Waals surface area contributed by atoms with E-state index in [1.807, 2.05) is 30.3 Å². The quantitative estimate of drug-likeness (QED) is 0.400. The van der Waals surface area contributed by atoms with E-state index in [2.05, 4.69) is 22.2 Å². The molecule has 11 heteroatoms. The van der Waals surface area contributed by atoms with Crippen LogP contribution in [0.5, 0.6) is 5.75 Å². The van der Waals surface area contributed by atoms with Gasteiger partial charge in [0.05, 0.1) is 30.6 Å². The van der Waals surface area contributed by atoms with Gasteiger partial charge in [-0.3, -0.25) is 4.90 Å². The summed E-state index contributed by atoms with van der Waals surface area (Å²) >= 11 is 6.30. The van der Waals surface area contributed by atoms with E-state index in [1.165, 1.54) is 5.57 Å². The fourth-order valence-corrected chi connectivity index (χ4v) is 6.88. The van der Waals surface area contributed by atoms with Crippen LogP contribution in [0.1, 0.15) is 44.2 Å². The fourth-order valence-electron chi connectivity index (χ4n) is 5.25. The van der Waals surface area contributed by atoms with Gasteiger partial charge in [0.25, 0.3) is 0 Å². The van der Waals surface area contributed by atoms with Gasteiger partial charge in [0.2, 0.25) is 10.0 Å². The number of hydrogen-bond donors (Lipinski definition) is 3. The van der Waals surface area contributed by atoms with E-state index in [1.54, 1.807) is 11.8 Å². The van der Waals surface area contributed by atoms with E-state index in [0.29, 0.717) is 38.2 Å². The molecule has 0 saturated heterocycles. The highest BCUT2D eigenvalue weighted by Crippen LogP contribution is 2.45. The summed E-state index contributed by atoms with van der Waals surface area (Å²) in [5.74, 6) is 0.787. The van der Waals surface area contributed by atoms with Crippen molar-refractivity contribution in [1.29, 1.82) is 0 Å². The molecule has 206 valence electrons. The van der Waals surface area contributed by atoms with Gasteiger partial charge in [-0.1, -0.05) is 35.9 Å². The molecule has 0 radical (unpaired) electrons. The topological polar surface area (TPSA) is 117 Å². The van der Waals surface area contributed by atoms with Crippen molar-refractivity contribution in [1.82, 2.24) is 14.9 Å². The lowest BCUT2D eigenvalue weighted by Gasteiger charge is -2.37. The zero-order valence-electron chi connectivity index (χ0n) is 21.3. The minimum absolute atomic E-state index is 0.0193. The molecule has 4 aliphatic rings. The van der Waals surface area contributed by atoms with Crippen LogP contribution in [0, 0.1) is 5.92 Å². The van der Waals surface area contributed by atoms with Crippen molar-refractivity contribution >= 4 is 27.7 Å². The van der Waals surface area contributed by atoms with Crippen molar-refractivity contribution in [2.45, 2.75) is 56.0 Å². The van der Waals surface area contributed by atoms with Crippen molar-refractivity contribution in [2.24, 2.45) is 5.92 Å². The Kier molecular flexibility index (Phi) is 8.04. The van der Waals surface area contributed by atoms with Crippen LogP contribution >= 0.6 is 11.6 Å². The van der Waals surface area contributed by atoms with Gasteiger partial charge in [0.15, 0.2) is 0 Å². The second-order valence-corrected chi connectivity index (χ2v) is 12.5. The summed E-state index contributed by atoms with van der Waals surface area (Å²) in [5, 5.41) is 14.2. The third-order valence-electron chi connectivity index (χ3n) is 7.37. The second-order valence-electron chi connectivity index (χ2n) is 10.0. The molecule has 2 aliphatic carbocycles. The maximum atomic E-state index is 12.9. The highest BCUT2D eigenvalue weighted by Gasteiger charge is 2.43. The SMILES string of the molecule is CCOC(=O)N1CCC2=C(NC3C=CC(Cl)=CC23)[C@@H]1c1ccc(OCCC(O)CNS(=O)(=O)C2CC2)cc1. The number of amides is 1. The molecule has 3 N–H and O–H groups in total. The molecule has 2 aliphatic heterocycles. The van der Waals surface area contributed by atoms with E-state index in [0.717, 1.165) is 22.7 Å². The van der Waals surface area contributed by atoms with Crippen LogP contribution in [-0.4, -0.2) is 68.2 Å². The predicted molar refractivity (Wildman–Crippen MR) is 144 cm³/mol. The van der Waals surface area contributed by atoms with E-state index in [4.69, 9.17) is 21.1 Å². The fraction of sp³-hybridized carbons (Fsp3) is 0.519. The lowest BCUT2D eigenvalue weighted by Crippen LogP contribution is -2.42. The third-order valence-corrected chi connectivity index (χ3v) is 9.54. The average Bonchev–Trinajstić information content (AvgIpc) is 3.70. The van der Waals surface area contributed by atoms with Crippen LogP contribution in [-0.2, 0) is 14.8 Å². The molecule has 9 nitrogen and oxygen atoms in total. The summed E-state index contributed by atoms with van der Waals surface area (Å²) in [6.45, 7) is 2.86. The first-order valence-electron chi connectivity index (χ1n) is 13.1. The summed E-state index contributed by atoms with van der Waals surface area (Å²) in [5.41, 5.74) is 3.20. The Hall–Kier alpha value is -2.53. The van der Waals surface area contributed by atoms with Crippen LogP contribution in [0.3, 0.4) is 0 Å². The molecule has 0 bridgehead atoms. The minimum atomic E-state index is -3.32. The maximum Gasteiger partial charge on any atom is 0.410 e. The largest absolute Gasteiger partial charge is 0.493 e. The predicted octanol–water partition coefficient (Wildman–Crippen LogP) is 3.34. The van der Waals surface area contributed by atoms with E-state index in [9.17, 15) is 18.3 Å². The molecule has 0 spiro atoms. The number of aliphatic hydroxyl groups is 1. The van der Waals surface area contributed by atoms with Crippen LogP contribution in [0.15, 0.2) is 58.8 Å². The number of halogens is 1. The molecule has 3 unspecified atom stereocenters. The van der Waals surface area contributed by atoms with Gasteiger partial charge in [-0.15, -0.1) is 0 Å². The monoisotopic (exact) mass is 563 g/mol. The smallest absolute Gasteiger partial charge is 0.410 e. The van der Waals surface area contributed by atoms with Crippen LogP contribution in [0.4, 0.5) is 4.79 Å². The number of rotatable bonds is 10. The van der Waals surface area contributed by atoms with Crippen LogP contribution in [0.25, 0.3) is 0 Å². The average molecular weight is 564 g/mol. The first-order chi connectivity index (χ1) is 18.3.